The van der Waals surface area contributed by atoms with Gasteiger partial charge in [0.05, 0.1) is 0 Å². The van der Waals surface area contributed by atoms with Crippen LogP contribution in [-0.2, 0) is 0 Å². The largest absolute Gasteiger partial charge is 0.387 e. The molecule has 1 rings (SSSR count). The van der Waals surface area contributed by atoms with E-state index in [1.807, 2.05) is 0 Å². The van der Waals surface area contributed by atoms with Gasteiger partial charge in [-0.3, -0.25) is 0 Å². The Hall–Kier alpha value is -0.420. The van der Waals surface area contributed by atoms with E-state index >= 15 is 0 Å². The zero-order valence-electron chi connectivity index (χ0n) is 3.29. The molecule has 3 nitrogen and oxygen atoms in total. The lowest BCUT2D eigenvalue weighted by Gasteiger charge is -1.73. The topological polar surface area (TPSA) is 51.8 Å². The van der Waals surface area contributed by atoms with E-state index in [1.54, 1.807) is 0 Å². The van der Waals surface area contributed by atoms with Gasteiger partial charge in [0, 0.05) is 11.5 Å². The fraction of sp³-hybridized carbons (Fsp3) is 0. The maximum absolute atomic E-state index is 5.23. The van der Waals surface area contributed by atoms with E-state index < -0.39 is 0 Å². The van der Waals surface area contributed by atoms with Crippen molar-refractivity contribution in [3.05, 3.63) is 0 Å². The Morgan fingerprint density at radius 3 is 2.57 bits per heavy atom. The van der Waals surface area contributed by atoms with E-state index in [4.69, 9.17) is 5.73 Å². The number of hydrogen-bond acceptors (Lipinski definition) is 4. The van der Waals surface area contributed by atoms with Crippen LogP contribution in [0, 0.1) is 0 Å². The van der Waals surface area contributed by atoms with Gasteiger partial charge in [0.15, 0.2) is 5.03 Å². The first-order valence-corrected chi connectivity index (χ1v) is 2.73. The molecule has 1 aromatic heterocycles. The molecular formula is C2H2N3S2. The molecule has 0 aromatic carbocycles. The number of rotatable bonds is 0. The molecule has 7 heavy (non-hydrogen) atoms. The lowest BCUT2D eigenvalue weighted by Crippen LogP contribution is -1.77. The van der Waals surface area contributed by atoms with Gasteiger partial charge in [0.2, 0.25) is 0 Å². The highest BCUT2D eigenvalue weighted by Gasteiger charge is 1.95. The molecule has 0 spiro atoms. The van der Waals surface area contributed by atoms with Crippen molar-refractivity contribution in [2.75, 3.05) is 5.73 Å². The summed E-state index contributed by atoms with van der Waals surface area (Å²) in [5, 5.41) is 4.41. The summed E-state index contributed by atoms with van der Waals surface area (Å²) in [5.74, 6) is 0. The molecule has 1 heterocycles. The highest BCUT2D eigenvalue weighted by atomic mass is 32.1. The summed E-state index contributed by atoms with van der Waals surface area (Å²) in [6, 6.07) is 0. The van der Waals surface area contributed by atoms with Crippen molar-refractivity contribution < 1.29 is 0 Å². The van der Waals surface area contributed by atoms with E-state index in [-0.39, 0.29) is 0 Å². The minimum Gasteiger partial charge on any atom is -0.387 e. The van der Waals surface area contributed by atoms with Crippen molar-refractivity contribution in [1.29, 1.82) is 0 Å². The monoisotopic (exact) mass is 132 g/mol. The van der Waals surface area contributed by atoms with Crippen molar-refractivity contribution in [2.24, 2.45) is 0 Å². The molecular weight excluding hydrogens is 130 g/mol. The zero-order valence-corrected chi connectivity index (χ0v) is 4.92. The van der Waals surface area contributed by atoms with Crippen molar-refractivity contribution in [1.82, 2.24) is 9.59 Å². The van der Waals surface area contributed by atoms with Crippen molar-refractivity contribution in [3.63, 3.8) is 0 Å². The Labute approximate surface area is 50.1 Å². The molecule has 0 bridgehead atoms. The van der Waals surface area contributed by atoms with Crippen molar-refractivity contribution in [2.45, 2.75) is 5.03 Å². The van der Waals surface area contributed by atoms with Crippen LogP contribution in [0.25, 0.3) is 0 Å². The van der Waals surface area contributed by atoms with E-state index in [1.165, 1.54) is 0 Å². The molecule has 0 aliphatic carbocycles. The van der Waals surface area contributed by atoms with Crippen LogP contribution in [0.4, 0.5) is 5.00 Å². The molecule has 37 valence electrons. The highest BCUT2D eigenvalue weighted by Crippen LogP contribution is 2.14. The predicted octanol–water partition coefficient (Wildman–Crippen LogP) is 0.677. The van der Waals surface area contributed by atoms with E-state index in [0.29, 0.717) is 10.0 Å². The SMILES string of the molecule is Nc1snnc1[S]. The summed E-state index contributed by atoms with van der Waals surface area (Å²) >= 11 is 5.72. The van der Waals surface area contributed by atoms with E-state index in [2.05, 4.69) is 22.2 Å². The van der Waals surface area contributed by atoms with Gasteiger partial charge in [-0.05, 0) is 0 Å². The maximum Gasteiger partial charge on any atom is 0.184 e. The van der Waals surface area contributed by atoms with E-state index in [9.17, 15) is 0 Å². The highest BCUT2D eigenvalue weighted by molar-refractivity contribution is 7.80. The predicted molar refractivity (Wildman–Crippen MR) is 30.2 cm³/mol. The maximum atomic E-state index is 5.23. The Balaban J connectivity index is 3.12. The van der Waals surface area contributed by atoms with Crippen LogP contribution < -0.4 is 5.73 Å². The number of nitrogens with zero attached hydrogens (tertiary/aromatic N) is 2. The Kier molecular flexibility index (Phi) is 1.07. The molecule has 0 aliphatic rings. The number of nitrogen functional groups attached to an aromatic ring is 1. The second-order valence-corrected chi connectivity index (χ2v) is 2.11. The van der Waals surface area contributed by atoms with Crippen LogP contribution in [0.3, 0.4) is 0 Å². The fourth-order valence-electron chi connectivity index (χ4n) is 0.190. The smallest absolute Gasteiger partial charge is 0.184 e. The number of anilines is 1. The third-order valence-electron chi connectivity index (χ3n) is 0.482. The average Bonchev–Trinajstić information content (AvgIpc) is 1.91. The molecule has 0 fully saturated rings. The summed E-state index contributed by atoms with van der Waals surface area (Å²) in [6.45, 7) is 0. The van der Waals surface area contributed by atoms with Gasteiger partial charge in [0.1, 0.15) is 5.00 Å². The second-order valence-electron chi connectivity index (χ2n) is 0.942. The van der Waals surface area contributed by atoms with Crippen LogP contribution in [-0.4, -0.2) is 9.59 Å². The zero-order chi connectivity index (χ0) is 5.28. The van der Waals surface area contributed by atoms with Crippen LogP contribution >= 0.6 is 24.2 Å². The van der Waals surface area contributed by atoms with Gasteiger partial charge in [-0.1, -0.05) is 17.1 Å². The third-order valence-corrected chi connectivity index (χ3v) is 1.47. The van der Waals surface area contributed by atoms with Gasteiger partial charge < -0.3 is 5.73 Å². The minimum atomic E-state index is 0.407. The number of aromatic nitrogens is 2. The molecule has 0 saturated carbocycles. The summed E-state index contributed by atoms with van der Waals surface area (Å²) < 4.78 is 3.48. The van der Waals surface area contributed by atoms with Crippen molar-refractivity contribution >= 4 is 29.2 Å². The molecule has 0 saturated heterocycles. The van der Waals surface area contributed by atoms with Crippen LogP contribution in [0.2, 0.25) is 0 Å². The normalized spacial score (nSPS) is 9.14. The first kappa shape index (κ1) is 4.73. The molecule has 5 heteroatoms. The molecule has 0 aliphatic heterocycles. The summed E-state index contributed by atoms with van der Waals surface area (Å²) in [6.07, 6.45) is 0. The van der Waals surface area contributed by atoms with Crippen LogP contribution in [0.1, 0.15) is 0 Å². The quantitative estimate of drug-likeness (QED) is 0.564. The summed E-state index contributed by atoms with van der Waals surface area (Å²) in [5.41, 5.74) is 5.23. The second kappa shape index (κ2) is 1.59. The summed E-state index contributed by atoms with van der Waals surface area (Å²) in [7, 11) is 0. The average molecular weight is 132 g/mol. The van der Waals surface area contributed by atoms with Gasteiger partial charge in [-0.15, -0.1) is 5.10 Å². The Morgan fingerprint density at radius 2 is 2.43 bits per heavy atom. The molecule has 0 unspecified atom stereocenters. The van der Waals surface area contributed by atoms with Crippen LogP contribution in [0.15, 0.2) is 5.03 Å². The standard InChI is InChI=1S/C2H2N3S2/c3-1-2(6)4-5-7-1/h3H2. The molecule has 0 atom stereocenters. The van der Waals surface area contributed by atoms with Gasteiger partial charge in [0.25, 0.3) is 0 Å². The van der Waals surface area contributed by atoms with E-state index in [0.717, 1.165) is 11.5 Å². The van der Waals surface area contributed by atoms with Gasteiger partial charge >= 0.3 is 0 Å². The number of nitrogens with two attached hydrogens (primary N) is 1. The third kappa shape index (κ3) is 0.779. The molecule has 2 N–H and O–H groups in total. The Morgan fingerprint density at radius 1 is 1.71 bits per heavy atom. The lowest BCUT2D eigenvalue weighted by atomic mass is 10.9. The van der Waals surface area contributed by atoms with Gasteiger partial charge in [-0.2, -0.15) is 0 Å². The van der Waals surface area contributed by atoms with Crippen molar-refractivity contribution in [3.8, 4) is 0 Å². The van der Waals surface area contributed by atoms with Gasteiger partial charge in [-0.25, -0.2) is 0 Å². The molecule has 1 aromatic rings. The fourth-order valence-corrected chi connectivity index (χ4v) is 0.723. The molecule has 0 amide bonds. The first-order valence-electron chi connectivity index (χ1n) is 1.55. The Bertz CT molecular complexity index is 143. The van der Waals surface area contributed by atoms with Crippen LogP contribution in [0.5, 0.6) is 0 Å². The molecule has 1 radical (unpaired) electrons. The lowest BCUT2D eigenvalue weighted by molar-refractivity contribution is 1.04. The number of hydrogen-bond donors (Lipinski definition) is 1. The first-order chi connectivity index (χ1) is 3.30. The minimum absolute atomic E-state index is 0.407. The summed E-state index contributed by atoms with van der Waals surface area (Å²) in [4.78, 5) is 0.